The van der Waals surface area contributed by atoms with E-state index < -0.39 is 0 Å². The lowest BCUT2D eigenvalue weighted by Gasteiger charge is -2.30. The minimum atomic E-state index is -0.0617. The highest BCUT2D eigenvalue weighted by Crippen LogP contribution is 2.18. The number of piperidine rings is 1. The number of aromatic nitrogens is 1. The maximum Gasteiger partial charge on any atom is 0.292 e. The Hall–Kier alpha value is -1.36. The van der Waals surface area contributed by atoms with Gasteiger partial charge in [-0.25, -0.2) is 0 Å². The molecule has 5 heteroatoms. The van der Waals surface area contributed by atoms with Gasteiger partial charge in [0.2, 0.25) is 5.76 Å². The predicted octanol–water partition coefficient (Wildman–Crippen LogP) is 1.17. The Bertz CT molecular complexity index is 329. The minimum absolute atomic E-state index is 0.0617. The largest absolute Gasteiger partial charge is 0.384 e. The molecule has 1 aromatic rings. The van der Waals surface area contributed by atoms with E-state index in [1.165, 1.54) is 6.20 Å². The predicted molar refractivity (Wildman–Crippen MR) is 57.0 cm³/mol. The molecule has 88 valence electrons. The van der Waals surface area contributed by atoms with Crippen molar-refractivity contribution in [2.45, 2.75) is 12.8 Å². The van der Waals surface area contributed by atoms with E-state index in [-0.39, 0.29) is 5.91 Å². The van der Waals surface area contributed by atoms with Crippen LogP contribution in [0.25, 0.3) is 0 Å². The fourth-order valence-electron chi connectivity index (χ4n) is 2.02. The molecule has 5 nitrogen and oxygen atoms in total. The maximum atomic E-state index is 11.9. The first kappa shape index (κ1) is 11.1. The Balaban J connectivity index is 1.87. The van der Waals surface area contributed by atoms with Gasteiger partial charge in [-0.15, -0.1) is 0 Å². The molecule has 0 N–H and O–H groups in total. The molecule has 0 bridgehead atoms. The summed E-state index contributed by atoms with van der Waals surface area (Å²) in [7, 11) is 1.71. The smallest absolute Gasteiger partial charge is 0.292 e. The summed E-state index contributed by atoms with van der Waals surface area (Å²) in [6.07, 6.45) is 3.48. The number of hydrogen-bond donors (Lipinski definition) is 0. The Morgan fingerprint density at radius 1 is 1.62 bits per heavy atom. The summed E-state index contributed by atoms with van der Waals surface area (Å²) in [5.41, 5.74) is 0. The SMILES string of the molecule is COCC1CCN(C(=O)c2ccno2)CC1. The van der Waals surface area contributed by atoms with Crippen LogP contribution in [0.2, 0.25) is 0 Å². The molecule has 1 aliphatic heterocycles. The zero-order chi connectivity index (χ0) is 11.4. The summed E-state index contributed by atoms with van der Waals surface area (Å²) in [4.78, 5) is 13.7. The van der Waals surface area contributed by atoms with Crippen LogP contribution in [0.4, 0.5) is 0 Å². The van der Waals surface area contributed by atoms with E-state index in [9.17, 15) is 4.79 Å². The highest BCUT2D eigenvalue weighted by Gasteiger charge is 2.25. The number of carbonyl (C=O) groups excluding carboxylic acids is 1. The Morgan fingerprint density at radius 3 is 2.94 bits per heavy atom. The van der Waals surface area contributed by atoms with Crippen molar-refractivity contribution in [3.8, 4) is 0 Å². The van der Waals surface area contributed by atoms with Gasteiger partial charge >= 0.3 is 0 Å². The molecule has 1 saturated heterocycles. The lowest BCUT2D eigenvalue weighted by Crippen LogP contribution is -2.39. The number of carbonyl (C=O) groups is 1. The molecule has 1 fully saturated rings. The molecule has 2 heterocycles. The monoisotopic (exact) mass is 224 g/mol. The van der Waals surface area contributed by atoms with Gasteiger partial charge in [0, 0.05) is 32.9 Å². The standard InChI is InChI=1S/C11H16N2O3/c1-15-8-9-3-6-13(7-4-9)11(14)10-2-5-12-16-10/h2,5,9H,3-4,6-8H2,1H3. The molecule has 0 aliphatic carbocycles. The molecule has 0 radical (unpaired) electrons. The lowest BCUT2D eigenvalue weighted by atomic mass is 9.98. The number of ether oxygens (including phenoxy) is 1. The van der Waals surface area contributed by atoms with Gasteiger partial charge in [0.15, 0.2) is 0 Å². The third-order valence-corrected chi connectivity index (χ3v) is 2.95. The molecule has 2 rings (SSSR count). The van der Waals surface area contributed by atoms with Gasteiger partial charge in [-0.1, -0.05) is 5.16 Å². The summed E-state index contributed by atoms with van der Waals surface area (Å²) in [5.74, 6) is 0.835. The van der Waals surface area contributed by atoms with Gasteiger partial charge in [-0.05, 0) is 18.8 Å². The summed E-state index contributed by atoms with van der Waals surface area (Å²) in [6.45, 7) is 2.32. The lowest BCUT2D eigenvalue weighted by molar-refractivity contribution is 0.0577. The first-order valence-corrected chi connectivity index (χ1v) is 5.50. The van der Waals surface area contributed by atoms with Crippen LogP contribution in [-0.2, 0) is 4.74 Å². The van der Waals surface area contributed by atoms with Crippen LogP contribution in [0.15, 0.2) is 16.8 Å². The van der Waals surface area contributed by atoms with Gasteiger partial charge in [-0.2, -0.15) is 0 Å². The highest BCUT2D eigenvalue weighted by molar-refractivity contribution is 5.91. The number of nitrogens with zero attached hydrogens (tertiary/aromatic N) is 2. The minimum Gasteiger partial charge on any atom is -0.384 e. The molecule has 1 aliphatic rings. The molecule has 0 spiro atoms. The van der Waals surface area contributed by atoms with Gasteiger partial charge in [0.25, 0.3) is 5.91 Å². The van der Waals surface area contributed by atoms with Crippen molar-refractivity contribution >= 4 is 5.91 Å². The third kappa shape index (κ3) is 2.41. The van der Waals surface area contributed by atoms with Crippen molar-refractivity contribution in [3.63, 3.8) is 0 Å². The number of likely N-dealkylation sites (tertiary alicyclic amines) is 1. The van der Waals surface area contributed by atoms with E-state index in [1.807, 2.05) is 4.90 Å². The van der Waals surface area contributed by atoms with Crippen molar-refractivity contribution < 1.29 is 14.1 Å². The van der Waals surface area contributed by atoms with Gasteiger partial charge < -0.3 is 14.2 Å². The molecule has 16 heavy (non-hydrogen) atoms. The number of amides is 1. The zero-order valence-corrected chi connectivity index (χ0v) is 9.39. The molecular weight excluding hydrogens is 208 g/mol. The van der Waals surface area contributed by atoms with Crippen LogP contribution in [0.1, 0.15) is 23.4 Å². The van der Waals surface area contributed by atoms with Crippen molar-refractivity contribution in [1.29, 1.82) is 0 Å². The summed E-state index contributed by atoms with van der Waals surface area (Å²) in [5, 5.41) is 3.54. The van der Waals surface area contributed by atoms with Gasteiger partial charge in [-0.3, -0.25) is 4.79 Å². The normalized spacial score (nSPS) is 17.7. The van der Waals surface area contributed by atoms with Crippen LogP contribution in [0.3, 0.4) is 0 Å². The number of rotatable bonds is 3. The zero-order valence-electron chi connectivity index (χ0n) is 9.39. The van der Waals surface area contributed by atoms with E-state index in [0.717, 1.165) is 32.5 Å². The molecule has 1 aromatic heterocycles. The van der Waals surface area contributed by atoms with Crippen LogP contribution < -0.4 is 0 Å². The van der Waals surface area contributed by atoms with Crippen LogP contribution in [0, 0.1) is 5.92 Å². The second kappa shape index (κ2) is 5.12. The van der Waals surface area contributed by atoms with E-state index >= 15 is 0 Å². The van der Waals surface area contributed by atoms with E-state index in [0.29, 0.717) is 11.7 Å². The molecule has 1 amide bonds. The molecule has 0 unspecified atom stereocenters. The quantitative estimate of drug-likeness (QED) is 0.773. The van der Waals surface area contributed by atoms with Crippen molar-refractivity contribution in [1.82, 2.24) is 10.1 Å². The Morgan fingerprint density at radius 2 is 2.38 bits per heavy atom. The number of hydrogen-bond acceptors (Lipinski definition) is 4. The average molecular weight is 224 g/mol. The van der Waals surface area contributed by atoms with Gasteiger partial charge in [0.05, 0.1) is 6.20 Å². The Labute approximate surface area is 94.3 Å². The van der Waals surface area contributed by atoms with Crippen molar-refractivity contribution in [2.24, 2.45) is 5.92 Å². The van der Waals surface area contributed by atoms with Crippen molar-refractivity contribution in [3.05, 3.63) is 18.0 Å². The van der Waals surface area contributed by atoms with Gasteiger partial charge in [0.1, 0.15) is 0 Å². The van der Waals surface area contributed by atoms with Crippen LogP contribution in [0.5, 0.6) is 0 Å². The van der Waals surface area contributed by atoms with Crippen LogP contribution in [-0.4, -0.2) is 42.8 Å². The first-order chi connectivity index (χ1) is 7.81. The number of methoxy groups -OCH3 is 1. The van der Waals surface area contributed by atoms with Crippen molar-refractivity contribution in [2.75, 3.05) is 26.8 Å². The topological polar surface area (TPSA) is 55.6 Å². The molecule has 0 aromatic carbocycles. The first-order valence-electron chi connectivity index (χ1n) is 5.50. The van der Waals surface area contributed by atoms with E-state index in [4.69, 9.17) is 9.26 Å². The summed E-state index contributed by atoms with van der Waals surface area (Å²) < 4.78 is 9.97. The van der Waals surface area contributed by atoms with Crippen LogP contribution >= 0.6 is 0 Å². The van der Waals surface area contributed by atoms with E-state index in [2.05, 4.69) is 5.16 Å². The summed E-state index contributed by atoms with van der Waals surface area (Å²) in [6, 6.07) is 1.60. The fourth-order valence-corrected chi connectivity index (χ4v) is 2.02. The summed E-state index contributed by atoms with van der Waals surface area (Å²) >= 11 is 0. The Kier molecular flexibility index (Phi) is 3.56. The second-order valence-corrected chi connectivity index (χ2v) is 4.07. The second-order valence-electron chi connectivity index (χ2n) is 4.07. The fraction of sp³-hybridized carbons (Fsp3) is 0.636. The third-order valence-electron chi connectivity index (χ3n) is 2.95. The highest BCUT2D eigenvalue weighted by atomic mass is 16.5. The molecule has 0 atom stereocenters. The van der Waals surface area contributed by atoms with E-state index in [1.54, 1.807) is 13.2 Å². The average Bonchev–Trinajstić information content (AvgIpc) is 2.83. The molecular formula is C11H16N2O3. The molecule has 0 saturated carbocycles. The maximum absolute atomic E-state index is 11.9.